The van der Waals surface area contributed by atoms with Gasteiger partial charge in [-0.2, -0.15) is 4.31 Å². The Morgan fingerprint density at radius 1 is 0.864 bits per heavy atom. The molecule has 2 aromatic carbocycles. The molecule has 0 spiro atoms. The van der Waals surface area contributed by atoms with E-state index < -0.39 is 10.0 Å². The third-order valence-electron chi connectivity index (χ3n) is 3.51. The first kappa shape index (κ1) is 17.0. The normalized spacial score (nSPS) is 12.7. The van der Waals surface area contributed by atoms with Gasteiger partial charge in [-0.25, -0.2) is 8.42 Å². The fraction of sp³-hybridized carbons (Fsp3) is 0.444. The maximum absolute atomic E-state index is 13.1. The van der Waals surface area contributed by atoms with E-state index in [1.165, 1.54) is 0 Å². The van der Waals surface area contributed by atoms with Crippen molar-refractivity contribution in [1.29, 1.82) is 0 Å². The molecule has 4 heteroatoms. The molecule has 0 aliphatic heterocycles. The molecule has 120 valence electrons. The van der Waals surface area contributed by atoms with E-state index in [0.717, 1.165) is 10.8 Å². The fourth-order valence-electron chi connectivity index (χ4n) is 2.65. The number of hydrogen-bond acceptors (Lipinski definition) is 2. The number of nitrogens with zero attached hydrogens (tertiary/aromatic N) is 1. The minimum atomic E-state index is -3.48. The van der Waals surface area contributed by atoms with Gasteiger partial charge in [0.05, 0.1) is 4.90 Å². The van der Waals surface area contributed by atoms with Gasteiger partial charge in [0.1, 0.15) is 0 Å². The summed E-state index contributed by atoms with van der Waals surface area (Å²) in [5.74, 6) is 0.590. The van der Waals surface area contributed by atoms with E-state index in [-0.39, 0.29) is 0 Å². The molecule has 0 unspecified atom stereocenters. The highest BCUT2D eigenvalue weighted by molar-refractivity contribution is 7.89. The second-order valence-corrected chi connectivity index (χ2v) is 8.49. The van der Waals surface area contributed by atoms with Crippen molar-refractivity contribution in [2.45, 2.75) is 32.6 Å². The molecule has 0 aliphatic carbocycles. The Labute approximate surface area is 134 Å². The summed E-state index contributed by atoms with van der Waals surface area (Å²) in [6, 6.07) is 13.1. The summed E-state index contributed by atoms with van der Waals surface area (Å²) < 4.78 is 27.9. The van der Waals surface area contributed by atoms with Crippen molar-refractivity contribution in [1.82, 2.24) is 4.31 Å². The highest BCUT2D eigenvalue weighted by Gasteiger charge is 2.27. The molecule has 0 heterocycles. The maximum atomic E-state index is 13.1. The van der Waals surface area contributed by atoms with Gasteiger partial charge in [-0.05, 0) is 23.3 Å². The van der Waals surface area contributed by atoms with Gasteiger partial charge in [0.15, 0.2) is 0 Å². The summed E-state index contributed by atoms with van der Waals surface area (Å²) in [5, 5.41) is 1.75. The van der Waals surface area contributed by atoms with Gasteiger partial charge in [-0.3, -0.25) is 0 Å². The van der Waals surface area contributed by atoms with Gasteiger partial charge < -0.3 is 0 Å². The first-order chi connectivity index (χ1) is 10.3. The fourth-order valence-corrected chi connectivity index (χ4v) is 4.63. The summed E-state index contributed by atoms with van der Waals surface area (Å²) in [4.78, 5) is 0.409. The van der Waals surface area contributed by atoms with Crippen molar-refractivity contribution in [2.24, 2.45) is 11.8 Å². The van der Waals surface area contributed by atoms with Crippen molar-refractivity contribution in [3.63, 3.8) is 0 Å². The van der Waals surface area contributed by atoms with Crippen molar-refractivity contribution < 1.29 is 8.42 Å². The van der Waals surface area contributed by atoms with Crippen LogP contribution in [0.2, 0.25) is 0 Å². The summed E-state index contributed by atoms with van der Waals surface area (Å²) in [5.41, 5.74) is 0. The number of hydrogen-bond donors (Lipinski definition) is 0. The van der Waals surface area contributed by atoms with Crippen LogP contribution >= 0.6 is 0 Å². The molecular weight excluding hydrogens is 294 g/mol. The lowest BCUT2D eigenvalue weighted by molar-refractivity contribution is 0.333. The van der Waals surface area contributed by atoms with Crippen LogP contribution < -0.4 is 0 Å². The zero-order valence-electron chi connectivity index (χ0n) is 13.8. The average molecular weight is 319 g/mol. The predicted molar refractivity (Wildman–Crippen MR) is 92.4 cm³/mol. The van der Waals surface area contributed by atoms with Gasteiger partial charge in [0.25, 0.3) is 0 Å². The van der Waals surface area contributed by atoms with Crippen molar-refractivity contribution in [3.05, 3.63) is 42.5 Å². The molecule has 0 saturated carbocycles. The number of fused-ring (bicyclic) bond motifs is 1. The Bertz CT molecular complexity index is 720. The van der Waals surface area contributed by atoms with Crippen LogP contribution in [0.25, 0.3) is 10.8 Å². The van der Waals surface area contributed by atoms with Gasteiger partial charge in [0, 0.05) is 18.5 Å². The standard InChI is InChI=1S/C18H25NO2S/c1-14(2)12-19(13-15(3)4)22(20,21)18-11-7-9-16-8-5-6-10-17(16)18/h5-11,14-15H,12-13H2,1-4H3. The summed E-state index contributed by atoms with van der Waals surface area (Å²) in [7, 11) is -3.48. The van der Waals surface area contributed by atoms with Gasteiger partial charge >= 0.3 is 0 Å². The average Bonchev–Trinajstić information content (AvgIpc) is 2.45. The zero-order valence-corrected chi connectivity index (χ0v) is 14.6. The molecule has 0 atom stereocenters. The van der Waals surface area contributed by atoms with Crippen molar-refractivity contribution in [3.8, 4) is 0 Å². The Morgan fingerprint density at radius 2 is 1.41 bits per heavy atom. The second kappa shape index (κ2) is 6.80. The smallest absolute Gasteiger partial charge is 0.207 e. The van der Waals surface area contributed by atoms with Crippen LogP contribution in [-0.4, -0.2) is 25.8 Å². The highest BCUT2D eigenvalue weighted by Crippen LogP contribution is 2.26. The lowest BCUT2D eigenvalue weighted by atomic mass is 10.1. The molecule has 0 bridgehead atoms. The minimum Gasteiger partial charge on any atom is -0.207 e. The molecule has 2 aromatic rings. The lowest BCUT2D eigenvalue weighted by Crippen LogP contribution is -2.37. The molecular formula is C18H25NO2S. The Hall–Kier alpha value is -1.39. The number of benzene rings is 2. The van der Waals surface area contributed by atoms with Crippen LogP contribution in [0.3, 0.4) is 0 Å². The van der Waals surface area contributed by atoms with E-state index in [0.29, 0.717) is 29.8 Å². The van der Waals surface area contributed by atoms with E-state index in [4.69, 9.17) is 0 Å². The zero-order chi connectivity index (χ0) is 16.3. The third-order valence-corrected chi connectivity index (χ3v) is 5.39. The van der Waals surface area contributed by atoms with Crippen molar-refractivity contribution >= 4 is 20.8 Å². The van der Waals surface area contributed by atoms with E-state index in [9.17, 15) is 8.42 Å². The molecule has 3 nitrogen and oxygen atoms in total. The van der Waals surface area contributed by atoms with Crippen LogP contribution in [0.5, 0.6) is 0 Å². The van der Waals surface area contributed by atoms with E-state index in [1.807, 2.05) is 64.1 Å². The SMILES string of the molecule is CC(C)CN(CC(C)C)S(=O)(=O)c1cccc2ccccc12. The number of rotatable bonds is 6. The van der Waals surface area contributed by atoms with E-state index in [1.54, 1.807) is 10.4 Å². The maximum Gasteiger partial charge on any atom is 0.243 e. The topological polar surface area (TPSA) is 37.4 Å². The Kier molecular flexibility index (Phi) is 5.24. The summed E-state index contributed by atoms with van der Waals surface area (Å²) in [6.07, 6.45) is 0. The molecule has 0 radical (unpaired) electrons. The molecule has 0 N–H and O–H groups in total. The molecule has 0 fully saturated rings. The molecule has 22 heavy (non-hydrogen) atoms. The van der Waals surface area contributed by atoms with Crippen molar-refractivity contribution in [2.75, 3.05) is 13.1 Å². The Balaban J connectivity index is 2.54. The van der Waals surface area contributed by atoms with E-state index >= 15 is 0 Å². The predicted octanol–water partition coefficient (Wildman–Crippen LogP) is 4.14. The summed E-state index contributed by atoms with van der Waals surface area (Å²) >= 11 is 0. The largest absolute Gasteiger partial charge is 0.243 e. The first-order valence-corrected chi connectivity index (χ1v) is 9.24. The van der Waals surface area contributed by atoms with Gasteiger partial charge in [-0.1, -0.05) is 64.1 Å². The van der Waals surface area contributed by atoms with Crippen LogP contribution in [-0.2, 0) is 10.0 Å². The molecule has 2 rings (SSSR count). The monoisotopic (exact) mass is 319 g/mol. The molecule has 0 saturated heterocycles. The van der Waals surface area contributed by atoms with Gasteiger partial charge in [0.2, 0.25) is 10.0 Å². The van der Waals surface area contributed by atoms with E-state index in [2.05, 4.69) is 0 Å². The second-order valence-electron chi connectivity index (χ2n) is 6.59. The lowest BCUT2D eigenvalue weighted by Gasteiger charge is -2.26. The van der Waals surface area contributed by atoms with Crippen LogP contribution in [0, 0.1) is 11.8 Å². The quantitative estimate of drug-likeness (QED) is 0.802. The minimum absolute atomic E-state index is 0.295. The van der Waals surface area contributed by atoms with Crippen LogP contribution in [0.4, 0.5) is 0 Å². The van der Waals surface area contributed by atoms with Gasteiger partial charge in [-0.15, -0.1) is 0 Å². The molecule has 0 amide bonds. The van der Waals surface area contributed by atoms with Crippen LogP contribution in [0.15, 0.2) is 47.4 Å². The first-order valence-electron chi connectivity index (χ1n) is 7.80. The highest BCUT2D eigenvalue weighted by atomic mass is 32.2. The Morgan fingerprint density at radius 3 is 2.00 bits per heavy atom. The molecule has 0 aromatic heterocycles. The number of sulfonamides is 1. The summed E-state index contributed by atoms with van der Waals surface area (Å²) in [6.45, 7) is 9.28. The third kappa shape index (κ3) is 3.68. The van der Waals surface area contributed by atoms with Crippen LogP contribution in [0.1, 0.15) is 27.7 Å². The molecule has 0 aliphatic rings.